The SMILES string of the molecule is C[C@]12CCC(=O)C=C1C1(CC1)CC1C2[C@@H](F)C[C@@]2(C)C1[C@@H]1CC1[C@@]21CCC(=O)O1. The van der Waals surface area contributed by atoms with Gasteiger partial charge >= 0.3 is 5.97 Å². The van der Waals surface area contributed by atoms with Gasteiger partial charge in [-0.15, -0.1) is 0 Å². The molecule has 0 aromatic rings. The third kappa shape index (κ3) is 1.80. The van der Waals surface area contributed by atoms with Crippen LogP contribution in [0.15, 0.2) is 11.6 Å². The van der Waals surface area contributed by atoms with E-state index in [2.05, 4.69) is 13.8 Å². The summed E-state index contributed by atoms with van der Waals surface area (Å²) in [6.07, 6.45) is 8.84. The second kappa shape index (κ2) is 4.83. The fraction of sp³-hybridized carbons (Fsp3) is 0.840. The maximum atomic E-state index is 16.2. The van der Waals surface area contributed by atoms with Gasteiger partial charge in [-0.05, 0) is 79.6 Å². The molecule has 1 aliphatic heterocycles. The van der Waals surface area contributed by atoms with Crippen LogP contribution in [-0.2, 0) is 14.3 Å². The van der Waals surface area contributed by atoms with Crippen molar-refractivity contribution in [1.82, 2.24) is 0 Å². The van der Waals surface area contributed by atoms with Gasteiger partial charge in [-0.1, -0.05) is 19.4 Å². The highest BCUT2D eigenvalue weighted by Gasteiger charge is 2.81. The van der Waals surface area contributed by atoms with Crippen molar-refractivity contribution >= 4 is 11.8 Å². The number of carbonyl (C=O) groups is 2. The average Bonchev–Trinajstić information content (AvgIpc) is 3.55. The molecule has 6 aliphatic carbocycles. The molecule has 5 saturated carbocycles. The monoisotopic (exact) mass is 398 g/mol. The Bertz CT molecular complexity index is 888. The molecule has 4 heteroatoms. The van der Waals surface area contributed by atoms with Gasteiger partial charge in [0.25, 0.3) is 0 Å². The summed E-state index contributed by atoms with van der Waals surface area (Å²) in [7, 11) is 0. The molecule has 0 aromatic heterocycles. The first-order chi connectivity index (χ1) is 13.7. The lowest BCUT2D eigenvalue weighted by molar-refractivity contribution is -0.189. The number of hydrogen-bond donors (Lipinski definition) is 0. The Hall–Kier alpha value is -1.19. The Morgan fingerprint density at radius 2 is 1.79 bits per heavy atom. The quantitative estimate of drug-likeness (QED) is 0.551. The van der Waals surface area contributed by atoms with Crippen LogP contribution in [0, 0.1) is 45.8 Å². The summed E-state index contributed by atoms with van der Waals surface area (Å²) in [4.78, 5) is 24.5. The molecule has 0 N–H and O–H groups in total. The second-order valence-electron chi connectivity index (χ2n) is 12.1. The number of alkyl halides is 1. The van der Waals surface area contributed by atoms with Crippen molar-refractivity contribution in [2.24, 2.45) is 45.8 Å². The van der Waals surface area contributed by atoms with Crippen LogP contribution in [0.3, 0.4) is 0 Å². The zero-order valence-electron chi connectivity index (χ0n) is 17.5. The molecule has 0 radical (unpaired) electrons. The summed E-state index contributed by atoms with van der Waals surface area (Å²) >= 11 is 0. The predicted octanol–water partition coefficient (Wildman–Crippen LogP) is 4.79. The lowest BCUT2D eigenvalue weighted by Gasteiger charge is -2.62. The molecule has 1 heterocycles. The fourth-order valence-corrected chi connectivity index (χ4v) is 10.0. The van der Waals surface area contributed by atoms with E-state index in [9.17, 15) is 9.59 Å². The number of ether oxygens (including phenoxy) is 1. The van der Waals surface area contributed by atoms with Gasteiger partial charge in [-0.2, -0.15) is 0 Å². The molecule has 156 valence electrons. The van der Waals surface area contributed by atoms with E-state index in [1.807, 2.05) is 6.08 Å². The Balaban J connectivity index is 1.36. The molecule has 0 bridgehead atoms. The normalized spacial score (nSPS) is 58.2. The van der Waals surface area contributed by atoms with Crippen LogP contribution in [0.25, 0.3) is 0 Å². The lowest BCUT2D eigenvalue weighted by Crippen LogP contribution is -2.61. The van der Waals surface area contributed by atoms with Crippen molar-refractivity contribution in [3.8, 4) is 0 Å². The minimum atomic E-state index is -0.868. The highest BCUT2D eigenvalue weighted by atomic mass is 19.1. The van der Waals surface area contributed by atoms with Crippen molar-refractivity contribution in [2.45, 2.75) is 83.4 Å². The molecule has 0 amide bonds. The van der Waals surface area contributed by atoms with E-state index in [4.69, 9.17) is 4.74 Å². The lowest BCUT2D eigenvalue weighted by atomic mass is 9.42. The van der Waals surface area contributed by atoms with Crippen LogP contribution >= 0.6 is 0 Å². The molecule has 29 heavy (non-hydrogen) atoms. The molecule has 2 spiro atoms. The first kappa shape index (κ1) is 17.5. The Morgan fingerprint density at radius 3 is 2.48 bits per heavy atom. The molecule has 1 saturated heterocycles. The van der Waals surface area contributed by atoms with Gasteiger partial charge in [0.15, 0.2) is 5.78 Å². The number of hydrogen-bond acceptors (Lipinski definition) is 3. The molecule has 4 unspecified atom stereocenters. The number of ketones is 1. The Morgan fingerprint density at radius 1 is 1.00 bits per heavy atom. The highest BCUT2D eigenvalue weighted by molar-refractivity contribution is 5.92. The zero-order chi connectivity index (χ0) is 20.0. The van der Waals surface area contributed by atoms with Gasteiger partial charge in [0, 0.05) is 30.1 Å². The zero-order valence-corrected chi connectivity index (χ0v) is 17.5. The molecule has 3 nitrogen and oxygen atoms in total. The van der Waals surface area contributed by atoms with Crippen LogP contribution in [-0.4, -0.2) is 23.5 Å². The van der Waals surface area contributed by atoms with Crippen molar-refractivity contribution in [1.29, 1.82) is 0 Å². The minimum absolute atomic E-state index is 0.0275. The van der Waals surface area contributed by atoms with E-state index < -0.39 is 11.8 Å². The number of halogens is 1. The number of esters is 1. The van der Waals surface area contributed by atoms with Gasteiger partial charge in [-0.3, -0.25) is 9.59 Å². The smallest absolute Gasteiger partial charge is 0.306 e. The Labute approximate surface area is 171 Å². The van der Waals surface area contributed by atoms with Gasteiger partial charge < -0.3 is 4.74 Å². The van der Waals surface area contributed by atoms with Crippen molar-refractivity contribution in [2.75, 3.05) is 0 Å². The van der Waals surface area contributed by atoms with Crippen LogP contribution in [0.1, 0.15) is 71.6 Å². The summed E-state index contributed by atoms with van der Waals surface area (Å²) in [5, 5.41) is 0. The van der Waals surface area contributed by atoms with E-state index in [0.29, 0.717) is 42.9 Å². The topological polar surface area (TPSA) is 43.4 Å². The average molecular weight is 399 g/mol. The summed E-state index contributed by atoms with van der Waals surface area (Å²) in [5.74, 6) is 2.13. The maximum Gasteiger partial charge on any atom is 0.306 e. The number of rotatable bonds is 0. The summed E-state index contributed by atoms with van der Waals surface area (Å²) in [6.45, 7) is 4.55. The van der Waals surface area contributed by atoms with Crippen molar-refractivity contribution < 1.29 is 18.7 Å². The van der Waals surface area contributed by atoms with Crippen LogP contribution in [0.2, 0.25) is 0 Å². The van der Waals surface area contributed by atoms with Gasteiger partial charge in [-0.25, -0.2) is 4.39 Å². The minimum Gasteiger partial charge on any atom is -0.458 e. The van der Waals surface area contributed by atoms with E-state index in [1.165, 1.54) is 24.8 Å². The summed E-state index contributed by atoms with van der Waals surface area (Å²) < 4.78 is 22.3. The number of fused-ring (bicyclic) bond motifs is 10. The molecule has 6 fully saturated rings. The van der Waals surface area contributed by atoms with Crippen molar-refractivity contribution in [3.63, 3.8) is 0 Å². The molecule has 0 aromatic carbocycles. The molecular formula is C25H31FO3. The fourth-order valence-electron chi connectivity index (χ4n) is 10.0. The third-order valence-electron chi connectivity index (χ3n) is 11.1. The van der Waals surface area contributed by atoms with Crippen molar-refractivity contribution in [3.05, 3.63) is 11.6 Å². The second-order valence-corrected chi connectivity index (χ2v) is 12.1. The third-order valence-corrected chi connectivity index (χ3v) is 11.1. The summed E-state index contributed by atoms with van der Waals surface area (Å²) in [6, 6.07) is 0. The maximum absolute atomic E-state index is 16.2. The number of allylic oxidation sites excluding steroid dienone is 1. The van der Waals surface area contributed by atoms with Crippen LogP contribution in [0.4, 0.5) is 4.39 Å². The number of carbonyl (C=O) groups excluding carboxylic acids is 2. The van der Waals surface area contributed by atoms with E-state index in [1.54, 1.807) is 0 Å². The van der Waals surface area contributed by atoms with E-state index in [0.717, 1.165) is 19.3 Å². The predicted molar refractivity (Wildman–Crippen MR) is 104 cm³/mol. The first-order valence-corrected chi connectivity index (χ1v) is 11.9. The van der Waals surface area contributed by atoms with E-state index in [-0.39, 0.29) is 33.9 Å². The van der Waals surface area contributed by atoms with Gasteiger partial charge in [0.05, 0.1) is 0 Å². The molecule has 7 aliphatic rings. The van der Waals surface area contributed by atoms with E-state index >= 15 is 4.39 Å². The van der Waals surface area contributed by atoms with Gasteiger partial charge in [0.1, 0.15) is 11.8 Å². The largest absolute Gasteiger partial charge is 0.458 e. The summed E-state index contributed by atoms with van der Waals surface area (Å²) in [5.41, 5.74) is 0.689. The Kier molecular flexibility index (Phi) is 2.91. The molecule has 9 atom stereocenters. The standard InChI is InChI=1S/C25H31FO3/c1-22-5-3-13(27)9-18(22)24(7-8-24)11-15-20-14-10-16(14)25(6-4-19(28)29-25)23(20,2)12-17(26)21(15)22/h9,14-17,20-21H,3-8,10-12H2,1-2H3/t14-,15?,16?,17+,20?,21?,22+,23+,25+/m1/s1. The molecule has 7 rings (SSSR count). The highest BCUT2D eigenvalue weighted by Crippen LogP contribution is 2.82. The van der Waals surface area contributed by atoms with Crippen LogP contribution in [0.5, 0.6) is 0 Å². The molecular weight excluding hydrogens is 367 g/mol. The van der Waals surface area contributed by atoms with Gasteiger partial charge in [0.2, 0.25) is 0 Å². The first-order valence-electron chi connectivity index (χ1n) is 11.9. The van der Waals surface area contributed by atoms with Crippen LogP contribution < -0.4 is 0 Å².